The first kappa shape index (κ1) is 17.4. The van der Waals surface area contributed by atoms with E-state index in [2.05, 4.69) is 27.9 Å². The van der Waals surface area contributed by atoms with Gasteiger partial charge in [-0.2, -0.15) is 0 Å². The normalized spacial score (nSPS) is 10.1. The molecule has 0 aliphatic carbocycles. The van der Waals surface area contributed by atoms with Crippen LogP contribution in [0.15, 0.2) is 36.4 Å². The van der Waals surface area contributed by atoms with Crippen molar-refractivity contribution >= 4 is 34.2 Å². The molecule has 1 N–H and O–H groups in total. The second-order valence-electron chi connectivity index (χ2n) is 4.61. The predicted octanol–water partition coefficient (Wildman–Crippen LogP) is 3.96. The Kier molecular flexibility index (Phi) is 6.09. The smallest absolute Gasteiger partial charge is 0.255 e. The van der Waals surface area contributed by atoms with Crippen molar-refractivity contribution in [2.45, 2.75) is 6.92 Å². The van der Waals surface area contributed by atoms with E-state index in [9.17, 15) is 4.79 Å². The molecule has 122 valence electrons. The molecule has 1 amide bonds. The highest BCUT2D eigenvalue weighted by Crippen LogP contribution is 2.34. The molecule has 2 rings (SSSR count). The zero-order valence-electron chi connectivity index (χ0n) is 13.2. The Hall–Kier alpha value is -1.96. The zero-order valence-corrected chi connectivity index (χ0v) is 15.3. The summed E-state index contributed by atoms with van der Waals surface area (Å²) in [5, 5.41) is 2.84. The van der Waals surface area contributed by atoms with Gasteiger partial charge in [-0.3, -0.25) is 4.79 Å². The number of halogens is 1. The number of rotatable bonds is 6. The van der Waals surface area contributed by atoms with Crippen molar-refractivity contribution < 1.29 is 19.0 Å². The fourth-order valence-corrected chi connectivity index (χ4v) is 2.80. The highest BCUT2D eigenvalue weighted by Gasteiger charge is 2.15. The van der Waals surface area contributed by atoms with Crippen molar-refractivity contribution in [3.63, 3.8) is 0 Å². The van der Waals surface area contributed by atoms with E-state index < -0.39 is 0 Å². The summed E-state index contributed by atoms with van der Waals surface area (Å²) in [6.45, 7) is 2.43. The Balaban J connectivity index is 2.26. The lowest BCUT2D eigenvalue weighted by Crippen LogP contribution is -2.13. The van der Waals surface area contributed by atoms with E-state index >= 15 is 0 Å². The first-order valence-electron chi connectivity index (χ1n) is 7.04. The maximum Gasteiger partial charge on any atom is 0.255 e. The second kappa shape index (κ2) is 8.05. The van der Waals surface area contributed by atoms with Crippen molar-refractivity contribution in [3.8, 4) is 17.2 Å². The van der Waals surface area contributed by atoms with Gasteiger partial charge >= 0.3 is 0 Å². The van der Waals surface area contributed by atoms with Crippen LogP contribution in [0.5, 0.6) is 17.2 Å². The van der Waals surface area contributed by atoms with Crippen LogP contribution in [-0.2, 0) is 0 Å². The van der Waals surface area contributed by atoms with E-state index in [1.807, 2.05) is 19.1 Å². The minimum Gasteiger partial charge on any atom is -0.497 e. The van der Waals surface area contributed by atoms with Gasteiger partial charge in [-0.05, 0) is 53.8 Å². The van der Waals surface area contributed by atoms with Gasteiger partial charge in [0, 0.05) is 17.3 Å². The molecule has 23 heavy (non-hydrogen) atoms. The summed E-state index contributed by atoms with van der Waals surface area (Å²) in [4.78, 5) is 12.5. The molecule has 0 unspecified atom stereocenters. The van der Waals surface area contributed by atoms with Crippen LogP contribution in [0.4, 0.5) is 5.69 Å². The van der Waals surface area contributed by atoms with Gasteiger partial charge < -0.3 is 19.5 Å². The Labute approximate surface area is 149 Å². The number of carbonyl (C=O) groups is 1. The summed E-state index contributed by atoms with van der Waals surface area (Å²) in [7, 11) is 3.14. The quantitative estimate of drug-likeness (QED) is 0.710. The summed E-state index contributed by atoms with van der Waals surface area (Å²) in [6.07, 6.45) is 0. The van der Waals surface area contributed by atoms with Crippen LogP contribution in [0, 0.1) is 3.57 Å². The van der Waals surface area contributed by atoms with Crippen LogP contribution >= 0.6 is 22.6 Å². The molecule has 2 aromatic rings. The second-order valence-corrected chi connectivity index (χ2v) is 5.77. The van der Waals surface area contributed by atoms with E-state index in [-0.39, 0.29) is 5.91 Å². The van der Waals surface area contributed by atoms with Crippen LogP contribution in [0.3, 0.4) is 0 Å². The van der Waals surface area contributed by atoms with Crippen LogP contribution < -0.4 is 19.5 Å². The Morgan fingerprint density at radius 1 is 1.17 bits per heavy atom. The molecule has 0 aliphatic heterocycles. The number of benzene rings is 2. The molecule has 0 aromatic heterocycles. The third kappa shape index (κ3) is 4.28. The number of amides is 1. The molecule has 0 aliphatic rings. The maximum absolute atomic E-state index is 12.5. The minimum absolute atomic E-state index is 0.225. The van der Waals surface area contributed by atoms with Crippen LogP contribution in [-0.4, -0.2) is 26.7 Å². The lowest BCUT2D eigenvalue weighted by molar-refractivity contribution is 0.102. The molecule has 6 heteroatoms. The first-order valence-corrected chi connectivity index (χ1v) is 8.12. The topological polar surface area (TPSA) is 56.8 Å². The first-order chi connectivity index (χ1) is 11.1. The Morgan fingerprint density at radius 2 is 1.96 bits per heavy atom. The lowest BCUT2D eigenvalue weighted by Gasteiger charge is -2.13. The number of hydrogen-bond acceptors (Lipinski definition) is 4. The monoisotopic (exact) mass is 427 g/mol. The van der Waals surface area contributed by atoms with Crippen molar-refractivity contribution in [2.24, 2.45) is 0 Å². The summed E-state index contributed by atoms with van der Waals surface area (Å²) < 4.78 is 16.9. The van der Waals surface area contributed by atoms with Gasteiger partial charge in [-0.25, -0.2) is 0 Å². The van der Waals surface area contributed by atoms with E-state index in [4.69, 9.17) is 14.2 Å². The average molecular weight is 427 g/mol. The van der Waals surface area contributed by atoms with Gasteiger partial charge in [-0.1, -0.05) is 6.07 Å². The number of anilines is 1. The SMILES string of the molecule is CCOc1c(I)cc(C(=O)Nc2cccc(OC)c2)cc1OC. The molecule has 0 saturated heterocycles. The van der Waals surface area contributed by atoms with Crippen molar-refractivity contribution in [3.05, 3.63) is 45.5 Å². The number of carbonyl (C=O) groups excluding carboxylic acids is 1. The van der Waals surface area contributed by atoms with Crippen LogP contribution in [0.1, 0.15) is 17.3 Å². The molecule has 0 spiro atoms. The van der Waals surface area contributed by atoms with E-state index in [1.54, 1.807) is 38.5 Å². The van der Waals surface area contributed by atoms with Crippen molar-refractivity contribution in [1.29, 1.82) is 0 Å². The van der Waals surface area contributed by atoms with Gasteiger partial charge in [0.15, 0.2) is 11.5 Å². The zero-order chi connectivity index (χ0) is 16.8. The maximum atomic E-state index is 12.5. The molecular formula is C17H18INO4. The Bertz CT molecular complexity index is 703. The lowest BCUT2D eigenvalue weighted by atomic mass is 10.1. The summed E-state index contributed by atoms with van der Waals surface area (Å²) in [5.74, 6) is 1.64. The van der Waals surface area contributed by atoms with Crippen LogP contribution in [0.2, 0.25) is 0 Å². The fraction of sp³-hybridized carbons (Fsp3) is 0.235. The van der Waals surface area contributed by atoms with Gasteiger partial charge in [-0.15, -0.1) is 0 Å². The fourth-order valence-electron chi connectivity index (χ4n) is 2.04. The van der Waals surface area contributed by atoms with E-state index in [0.29, 0.717) is 35.1 Å². The molecule has 0 heterocycles. The van der Waals surface area contributed by atoms with E-state index in [1.165, 1.54) is 0 Å². The molecule has 0 bridgehead atoms. The molecule has 5 nitrogen and oxygen atoms in total. The van der Waals surface area contributed by atoms with Gasteiger partial charge in [0.1, 0.15) is 5.75 Å². The van der Waals surface area contributed by atoms with Crippen LogP contribution in [0.25, 0.3) is 0 Å². The molecule has 0 radical (unpaired) electrons. The number of nitrogens with one attached hydrogen (secondary N) is 1. The highest BCUT2D eigenvalue weighted by molar-refractivity contribution is 14.1. The highest BCUT2D eigenvalue weighted by atomic mass is 127. The summed E-state index contributed by atoms with van der Waals surface area (Å²) in [6, 6.07) is 10.6. The largest absolute Gasteiger partial charge is 0.497 e. The van der Waals surface area contributed by atoms with E-state index in [0.717, 1.165) is 3.57 Å². The third-order valence-electron chi connectivity index (χ3n) is 3.11. The van der Waals surface area contributed by atoms with Gasteiger partial charge in [0.25, 0.3) is 5.91 Å². The number of ether oxygens (including phenoxy) is 3. The molecular weight excluding hydrogens is 409 g/mol. The van der Waals surface area contributed by atoms with Crippen molar-refractivity contribution in [1.82, 2.24) is 0 Å². The number of hydrogen-bond donors (Lipinski definition) is 1. The predicted molar refractivity (Wildman–Crippen MR) is 97.8 cm³/mol. The Morgan fingerprint density at radius 3 is 2.61 bits per heavy atom. The molecule has 2 aromatic carbocycles. The summed E-state index contributed by atoms with van der Waals surface area (Å²) >= 11 is 2.13. The molecule has 0 fully saturated rings. The van der Waals surface area contributed by atoms with Gasteiger partial charge in [0.2, 0.25) is 0 Å². The minimum atomic E-state index is -0.225. The summed E-state index contributed by atoms with van der Waals surface area (Å²) in [5.41, 5.74) is 1.16. The molecule has 0 saturated carbocycles. The number of methoxy groups -OCH3 is 2. The molecule has 0 atom stereocenters. The standard InChI is InChI=1S/C17H18INO4/c1-4-23-16-14(18)8-11(9-15(16)22-3)17(20)19-12-6-5-7-13(10-12)21-2/h5-10H,4H2,1-3H3,(H,19,20). The van der Waals surface area contributed by atoms with Crippen molar-refractivity contribution in [2.75, 3.05) is 26.1 Å². The van der Waals surface area contributed by atoms with Gasteiger partial charge in [0.05, 0.1) is 24.4 Å². The average Bonchev–Trinajstić information content (AvgIpc) is 2.56. The third-order valence-corrected chi connectivity index (χ3v) is 3.91.